The van der Waals surface area contributed by atoms with E-state index < -0.39 is 0 Å². The lowest BCUT2D eigenvalue weighted by atomic mass is 9.85. The average Bonchev–Trinajstić information content (AvgIpc) is 2.41. The zero-order valence-corrected chi connectivity index (χ0v) is 14.8. The summed E-state index contributed by atoms with van der Waals surface area (Å²) < 4.78 is 4.81. The van der Waals surface area contributed by atoms with Gasteiger partial charge in [0.1, 0.15) is 0 Å². The second kappa shape index (κ2) is 8.69. The molecule has 0 aromatic heterocycles. The maximum Gasteiger partial charge on any atom is 0.308 e. The number of aliphatic imine (C=N–C) groups is 1. The smallest absolute Gasteiger partial charge is 0.308 e. The summed E-state index contributed by atoms with van der Waals surface area (Å²) in [4.78, 5) is 18.1. The molecule has 1 aliphatic carbocycles. The van der Waals surface area contributed by atoms with E-state index in [1.165, 1.54) is 26.4 Å². The number of hydrogen-bond donors (Lipinski definition) is 1. The van der Waals surface area contributed by atoms with Crippen LogP contribution in [0.2, 0.25) is 0 Å². The van der Waals surface area contributed by atoms with E-state index in [1.807, 2.05) is 7.05 Å². The summed E-state index contributed by atoms with van der Waals surface area (Å²) in [5.74, 6) is 1.79. The van der Waals surface area contributed by atoms with Gasteiger partial charge in [-0.15, -0.1) is 24.0 Å². The number of methoxy groups -OCH3 is 1. The number of nitrogens with zero attached hydrogens (tertiary/aromatic N) is 2. The number of likely N-dealkylation sites (tertiary alicyclic amines) is 1. The molecule has 0 bridgehead atoms. The van der Waals surface area contributed by atoms with Crippen molar-refractivity contribution in [2.45, 2.75) is 32.1 Å². The minimum atomic E-state index is -0.0722. The maximum absolute atomic E-state index is 11.5. The van der Waals surface area contributed by atoms with Gasteiger partial charge in [-0.25, -0.2) is 0 Å². The predicted molar refractivity (Wildman–Crippen MR) is 90.4 cm³/mol. The van der Waals surface area contributed by atoms with Gasteiger partial charge in [-0.3, -0.25) is 9.79 Å². The normalized spacial score (nSPS) is 20.9. The van der Waals surface area contributed by atoms with Crippen molar-refractivity contribution in [3.8, 4) is 0 Å². The van der Waals surface area contributed by atoms with Crippen LogP contribution in [0.25, 0.3) is 0 Å². The highest BCUT2D eigenvalue weighted by Crippen LogP contribution is 2.25. The molecule has 20 heavy (non-hydrogen) atoms. The summed E-state index contributed by atoms with van der Waals surface area (Å²) in [5, 5.41) is 3.46. The third-order valence-electron chi connectivity index (χ3n) is 4.31. The molecule has 0 amide bonds. The van der Waals surface area contributed by atoms with Crippen molar-refractivity contribution in [1.29, 1.82) is 0 Å². The van der Waals surface area contributed by atoms with Crippen LogP contribution >= 0.6 is 24.0 Å². The molecule has 116 valence electrons. The second-order valence-corrected chi connectivity index (χ2v) is 5.51. The molecule has 5 nitrogen and oxygen atoms in total. The highest BCUT2D eigenvalue weighted by Gasteiger charge is 2.27. The molecule has 1 saturated heterocycles. The van der Waals surface area contributed by atoms with Crippen molar-refractivity contribution in [3.63, 3.8) is 0 Å². The molecule has 0 unspecified atom stereocenters. The van der Waals surface area contributed by atoms with E-state index >= 15 is 0 Å². The molecule has 0 aromatic rings. The minimum Gasteiger partial charge on any atom is -0.469 e. The number of carbonyl (C=O) groups excluding carboxylic acids is 1. The second-order valence-electron chi connectivity index (χ2n) is 5.51. The molecule has 0 radical (unpaired) electrons. The molecular weight excluding hydrogens is 369 g/mol. The van der Waals surface area contributed by atoms with Crippen LogP contribution in [-0.4, -0.2) is 50.6 Å². The molecule has 0 atom stereocenters. The molecule has 0 aromatic carbocycles. The summed E-state index contributed by atoms with van der Waals surface area (Å²) in [5.41, 5.74) is 0. The number of hydrogen-bond acceptors (Lipinski definition) is 3. The van der Waals surface area contributed by atoms with Gasteiger partial charge in [-0.05, 0) is 31.6 Å². The van der Waals surface area contributed by atoms with E-state index in [1.54, 1.807) is 0 Å². The summed E-state index contributed by atoms with van der Waals surface area (Å²) >= 11 is 0. The number of halogens is 1. The van der Waals surface area contributed by atoms with E-state index in [9.17, 15) is 4.79 Å². The fourth-order valence-corrected chi connectivity index (χ4v) is 2.76. The van der Waals surface area contributed by atoms with Gasteiger partial charge in [0.25, 0.3) is 0 Å². The summed E-state index contributed by atoms with van der Waals surface area (Å²) in [6.07, 6.45) is 5.77. The first-order chi connectivity index (χ1) is 9.24. The molecule has 0 spiro atoms. The molecule has 1 heterocycles. The van der Waals surface area contributed by atoms with Crippen molar-refractivity contribution in [3.05, 3.63) is 0 Å². The molecule has 2 aliphatic rings. The number of piperidine rings is 1. The highest BCUT2D eigenvalue weighted by molar-refractivity contribution is 14.0. The Morgan fingerprint density at radius 1 is 1.30 bits per heavy atom. The van der Waals surface area contributed by atoms with E-state index in [0.717, 1.165) is 44.4 Å². The lowest BCUT2D eigenvalue weighted by Crippen LogP contribution is -2.48. The molecule has 1 aliphatic heterocycles. The van der Waals surface area contributed by atoms with Gasteiger partial charge in [-0.2, -0.15) is 0 Å². The van der Waals surface area contributed by atoms with Crippen LogP contribution in [0.5, 0.6) is 0 Å². The Morgan fingerprint density at radius 3 is 2.40 bits per heavy atom. The Labute approximate surface area is 138 Å². The summed E-state index contributed by atoms with van der Waals surface area (Å²) in [6, 6.07) is 0. The Bertz CT molecular complexity index is 337. The Hall–Kier alpha value is -0.530. The zero-order chi connectivity index (χ0) is 13.7. The monoisotopic (exact) mass is 395 g/mol. The number of nitrogens with one attached hydrogen (secondary N) is 1. The Balaban J connectivity index is 0.00000200. The van der Waals surface area contributed by atoms with Crippen LogP contribution in [0.15, 0.2) is 4.99 Å². The number of rotatable bonds is 3. The first-order valence-corrected chi connectivity index (χ1v) is 7.28. The van der Waals surface area contributed by atoms with Crippen LogP contribution in [0.3, 0.4) is 0 Å². The van der Waals surface area contributed by atoms with Crippen LogP contribution in [0, 0.1) is 11.8 Å². The Kier molecular flexibility index (Phi) is 7.61. The van der Waals surface area contributed by atoms with Crippen molar-refractivity contribution >= 4 is 35.9 Å². The van der Waals surface area contributed by atoms with Crippen molar-refractivity contribution in [1.82, 2.24) is 10.2 Å². The lowest BCUT2D eigenvalue weighted by molar-refractivity contribution is -0.146. The van der Waals surface area contributed by atoms with Gasteiger partial charge in [0, 0.05) is 26.7 Å². The minimum absolute atomic E-state index is 0. The van der Waals surface area contributed by atoms with Gasteiger partial charge >= 0.3 is 5.97 Å². The number of carbonyl (C=O) groups is 1. The third-order valence-corrected chi connectivity index (χ3v) is 4.31. The van der Waals surface area contributed by atoms with Gasteiger partial charge in [0.05, 0.1) is 13.0 Å². The van der Waals surface area contributed by atoms with Gasteiger partial charge < -0.3 is 15.0 Å². The first kappa shape index (κ1) is 17.5. The maximum atomic E-state index is 11.5. The number of esters is 1. The number of guanidine groups is 1. The van der Waals surface area contributed by atoms with Crippen LogP contribution in [0.1, 0.15) is 32.1 Å². The van der Waals surface area contributed by atoms with Gasteiger partial charge in [0.15, 0.2) is 5.96 Å². The molecule has 6 heteroatoms. The van der Waals surface area contributed by atoms with Crippen LogP contribution in [-0.2, 0) is 9.53 Å². The van der Waals surface area contributed by atoms with E-state index in [2.05, 4.69) is 15.2 Å². The highest BCUT2D eigenvalue weighted by atomic mass is 127. The van der Waals surface area contributed by atoms with Crippen LogP contribution in [0.4, 0.5) is 0 Å². The molecule has 2 fully saturated rings. The fraction of sp³-hybridized carbons (Fsp3) is 0.857. The topological polar surface area (TPSA) is 53.9 Å². The zero-order valence-electron chi connectivity index (χ0n) is 12.4. The first-order valence-electron chi connectivity index (χ1n) is 7.28. The molecule has 1 saturated carbocycles. The Morgan fingerprint density at radius 2 is 1.95 bits per heavy atom. The van der Waals surface area contributed by atoms with E-state index in [4.69, 9.17) is 4.74 Å². The summed E-state index contributed by atoms with van der Waals surface area (Å²) in [7, 11) is 3.29. The van der Waals surface area contributed by atoms with Crippen molar-refractivity contribution in [2.24, 2.45) is 16.8 Å². The van der Waals surface area contributed by atoms with Crippen LogP contribution < -0.4 is 5.32 Å². The average molecular weight is 395 g/mol. The molecule has 2 rings (SSSR count). The standard InChI is InChI=1S/C14H25N3O2.HI/c1-15-14(16-10-11-4-3-5-11)17-8-6-12(7-9-17)13(18)19-2;/h11-12H,3-10H2,1-2H3,(H,15,16);1H. The molecular formula is C14H26IN3O2. The predicted octanol–water partition coefficient (Wildman–Crippen LogP) is 1.86. The van der Waals surface area contributed by atoms with E-state index in [0.29, 0.717) is 0 Å². The SMILES string of the molecule is CN=C(NCC1CCC1)N1CCC(C(=O)OC)CC1.I. The van der Waals surface area contributed by atoms with Gasteiger partial charge in [-0.1, -0.05) is 6.42 Å². The number of ether oxygens (including phenoxy) is 1. The molecule has 1 N–H and O–H groups in total. The summed E-state index contributed by atoms with van der Waals surface area (Å²) in [6.45, 7) is 2.79. The largest absolute Gasteiger partial charge is 0.469 e. The third kappa shape index (κ3) is 4.49. The van der Waals surface area contributed by atoms with Crippen molar-refractivity contribution in [2.75, 3.05) is 33.8 Å². The fourth-order valence-electron chi connectivity index (χ4n) is 2.76. The van der Waals surface area contributed by atoms with Gasteiger partial charge in [0.2, 0.25) is 0 Å². The lowest BCUT2D eigenvalue weighted by Gasteiger charge is -2.34. The quantitative estimate of drug-likeness (QED) is 0.343. The van der Waals surface area contributed by atoms with E-state index in [-0.39, 0.29) is 35.9 Å². The van der Waals surface area contributed by atoms with Crippen molar-refractivity contribution < 1.29 is 9.53 Å².